The molecule has 1 unspecified atom stereocenters. The molecule has 1 fully saturated rings. The summed E-state index contributed by atoms with van der Waals surface area (Å²) in [6.07, 6.45) is -12.3. The van der Waals surface area contributed by atoms with Crippen molar-refractivity contribution in [2.24, 2.45) is 0 Å². The molecule has 15 nitrogen and oxygen atoms in total. The molecule has 17 heteroatoms. The van der Waals surface area contributed by atoms with Gasteiger partial charge in [0, 0.05) is 0 Å². The van der Waals surface area contributed by atoms with E-state index in [0.29, 0.717) is 0 Å². The van der Waals surface area contributed by atoms with E-state index < -0.39 is 78.4 Å². The van der Waals surface area contributed by atoms with Crippen LogP contribution in [0.1, 0.15) is 0 Å². The van der Waals surface area contributed by atoms with E-state index in [-0.39, 0.29) is 0 Å². The molecule has 0 saturated carbocycles. The third kappa shape index (κ3) is 8.06. The second-order valence-corrected chi connectivity index (χ2v) is 7.87. The number of hydrogen-bond donors (Lipinski definition) is 9. The zero-order chi connectivity index (χ0) is 21.0. The van der Waals surface area contributed by atoms with E-state index in [1.807, 2.05) is 0 Å². The van der Waals surface area contributed by atoms with Gasteiger partial charge in [-0.3, -0.25) is 9.05 Å². The Bertz CT molecular complexity index is 547. The third-order valence-corrected chi connectivity index (χ3v) is 4.45. The normalized spacial score (nSPS) is 30.3. The van der Waals surface area contributed by atoms with Crippen LogP contribution < -0.4 is 0 Å². The number of rotatable bonds is 11. The largest absolute Gasteiger partial charge is 0.470 e. The maximum Gasteiger partial charge on any atom is 0.470 e. The van der Waals surface area contributed by atoms with Crippen molar-refractivity contribution in [2.75, 3.05) is 19.8 Å². The van der Waals surface area contributed by atoms with Gasteiger partial charge in [0.15, 0.2) is 6.29 Å². The number of aliphatic hydroxyl groups is 5. The molecule has 0 aliphatic carbocycles. The van der Waals surface area contributed by atoms with Gasteiger partial charge in [0.1, 0.15) is 36.6 Å². The smallest absolute Gasteiger partial charge is 0.394 e. The molecule has 7 atom stereocenters. The van der Waals surface area contributed by atoms with Gasteiger partial charge in [-0.2, -0.15) is 0 Å². The van der Waals surface area contributed by atoms with Gasteiger partial charge < -0.3 is 54.6 Å². The molecule has 9 N–H and O–H groups in total. The second-order valence-electron chi connectivity index (χ2n) is 5.48. The molecule has 0 spiro atoms. The SMILES string of the molecule is O=P(O)(O)O[C@H]([C@H](O)CO)[C@H](COC1O[C@H](CO)[C@@H](O)[C@H]1O)OP(=O)(O)O. The Morgan fingerprint density at radius 2 is 1.52 bits per heavy atom. The molecule has 0 amide bonds. The molecule has 1 rings (SSSR count). The summed E-state index contributed by atoms with van der Waals surface area (Å²) in [6.45, 7) is -2.79. The van der Waals surface area contributed by atoms with Gasteiger partial charge in [-0.15, -0.1) is 0 Å². The zero-order valence-corrected chi connectivity index (χ0v) is 15.3. The van der Waals surface area contributed by atoms with Crippen LogP contribution in [-0.4, -0.2) is 108 Å². The Kier molecular flexibility index (Phi) is 9.36. The van der Waals surface area contributed by atoms with Crippen LogP contribution in [0.4, 0.5) is 0 Å². The highest BCUT2D eigenvalue weighted by molar-refractivity contribution is 7.46. The first kappa shape index (κ1) is 25.0. The fourth-order valence-corrected chi connectivity index (χ4v) is 3.33. The average Bonchev–Trinajstić information content (AvgIpc) is 2.81. The van der Waals surface area contributed by atoms with Crippen molar-refractivity contribution < 1.29 is 72.8 Å². The maximum atomic E-state index is 11.1. The molecule has 27 heavy (non-hydrogen) atoms. The van der Waals surface area contributed by atoms with E-state index >= 15 is 0 Å². The molecule has 1 aliphatic heterocycles. The minimum atomic E-state index is -5.31. The van der Waals surface area contributed by atoms with Crippen LogP contribution in [0.2, 0.25) is 0 Å². The molecule has 1 saturated heterocycles. The molecule has 0 bridgehead atoms. The topological polar surface area (TPSA) is 253 Å². The molecule has 162 valence electrons. The second kappa shape index (κ2) is 10.1. The third-order valence-electron chi connectivity index (χ3n) is 3.39. The fourth-order valence-electron chi connectivity index (χ4n) is 2.20. The van der Waals surface area contributed by atoms with Crippen LogP contribution in [0.15, 0.2) is 0 Å². The lowest BCUT2D eigenvalue weighted by atomic mass is 10.1. The first-order valence-electron chi connectivity index (χ1n) is 7.30. The molecule has 0 aromatic carbocycles. The van der Waals surface area contributed by atoms with Crippen LogP contribution in [0.25, 0.3) is 0 Å². The summed E-state index contributed by atoms with van der Waals surface area (Å²) in [7, 11) is -10.6. The van der Waals surface area contributed by atoms with E-state index in [1.54, 1.807) is 0 Å². The predicted molar refractivity (Wildman–Crippen MR) is 80.6 cm³/mol. The summed E-state index contributed by atoms with van der Waals surface area (Å²) >= 11 is 0. The summed E-state index contributed by atoms with van der Waals surface area (Å²) in [5, 5.41) is 46.9. The molecule has 0 aromatic rings. The Morgan fingerprint density at radius 3 is 1.93 bits per heavy atom. The summed E-state index contributed by atoms with van der Waals surface area (Å²) < 4.78 is 40.6. The summed E-state index contributed by atoms with van der Waals surface area (Å²) in [6, 6.07) is 0. The van der Waals surface area contributed by atoms with Crippen LogP contribution in [0.3, 0.4) is 0 Å². The molecular weight excluding hydrogens is 422 g/mol. The first-order valence-corrected chi connectivity index (χ1v) is 10.4. The minimum Gasteiger partial charge on any atom is -0.394 e. The Morgan fingerprint density at radius 1 is 0.963 bits per heavy atom. The van der Waals surface area contributed by atoms with Gasteiger partial charge in [0.25, 0.3) is 0 Å². The van der Waals surface area contributed by atoms with Crippen LogP contribution >= 0.6 is 15.6 Å². The van der Waals surface area contributed by atoms with E-state index in [2.05, 4.69) is 9.05 Å². The average molecular weight is 444 g/mol. The Labute approximate surface area is 152 Å². The van der Waals surface area contributed by atoms with Gasteiger partial charge in [-0.05, 0) is 0 Å². The standard InChI is InChI=1S/C10H22O15P2/c11-1-4(13)9(25-27(19,20)21)6(24-26(16,17)18)3-22-10-8(15)7(14)5(2-12)23-10/h4-15H,1-3H2,(H2,16,17,18)(H2,19,20,21)/t4-,5-,6+,7-,8-,9-,10?/m1/s1. The first-order chi connectivity index (χ1) is 12.3. The molecule has 0 aromatic heterocycles. The lowest BCUT2D eigenvalue weighted by Crippen LogP contribution is -2.46. The summed E-state index contributed by atoms with van der Waals surface area (Å²) in [5.74, 6) is 0. The van der Waals surface area contributed by atoms with Crippen LogP contribution in [0, 0.1) is 0 Å². The number of hydrogen-bond acceptors (Lipinski definition) is 11. The minimum absolute atomic E-state index is 0.687. The summed E-state index contributed by atoms with van der Waals surface area (Å²) in [4.78, 5) is 35.6. The Hall–Kier alpha value is -0.0600. The highest BCUT2D eigenvalue weighted by Gasteiger charge is 2.45. The van der Waals surface area contributed by atoms with Gasteiger partial charge in [-0.25, -0.2) is 9.13 Å². The van der Waals surface area contributed by atoms with E-state index in [1.165, 1.54) is 0 Å². The summed E-state index contributed by atoms with van der Waals surface area (Å²) in [5.41, 5.74) is 0. The van der Waals surface area contributed by atoms with Crippen molar-refractivity contribution in [3.8, 4) is 0 Å². The van der Waals surface area contributed by atoms with Gasteiger partial charge in [0.05, 0.1) is 19.8 Å². The number of phosphoric acid groups is 2. The zero-order valence-electron chi connectivity index (χ0n) is 13.5. The quantitative estimate of drug-likeness (QED) is 0.137. The van der Waals surface area contributed by atoms with Crippen LogP contribution in [-0.2, 0) is 27.7 Å². The lowest BCUT2D eigenvalue weighted by Gasteiger charge is -2.30. The van der Waals surface area contributed by atoms with Crippen LogP contribution in [0.5, 0.6) is 0 Å². The highest BCUT2D eigenvalue weighted by atomic mass is 31.2. The highest BCUT2D eigenvalue weighted by Crippen LogP contribution is 2.44. The van der Waals surface area contributed by atoms with E-state index in [0.717, 1.165) is 0 Å². The van der Waals surface area contributed by atoms with Gasteiger partial charge in [0.2, 0.25) is 0 Å². The lowest BCUT2D eigenvalue weighted by molar-refractivity contribution is -0.191. The fraction of sp³-hybridized carbons (Fsp3) is 1.00. The number of phosphoric ester groups is 2. The van der Waals surface area contributed by atoms with Crippen molar-refractivity contribution in [3.05, 3.63) is 0 Å². The van der Waals surface area contributed by atoms with E-state index in [4.69, 9.17) is 39.3 Å². The van der Waals surface area contributed by atoms with Crippen molar-refractivity contribution >= 4 is 15.6 Å². The van der Waals surface area contributed by atoms with Gasteiger partial charge >= 0.3 is 15.6 Å². The molecule has 1 heterocycles. The van der Waals surface area contributed by atoms with Crippen molar-refractivity contribution in [1.29, 1.82) is 0 Å². The van der Waals surface area contributed by atoms with E-state index in [9.17, 15) is 24.4 Å². The van der Waals surface area contributed by atoms with Gasteiger partial charge in [-0.1, -0.05) is 0 Å². The number of ether oxygens (including phenoxy) is 2. The monoisotopic (exact) mass is 444 g/mol. The number of aliphatic hydroxyl groups excluding tert-OH is 5. The molecule has 1 aliphatic rings. The van der Waals surface area contributed by atoms with Crippen molar-refractivity contribution in [1.82, 2.24) is 0 Å². The maximum absolute atomic E-state index is 11.1. The Balaban J connectivity index is 2.95. The molecular formula is C10H22O15P2. The predicted octanol–water partition coefficient (Wildman–Crippen LogP) is -4.25. The van der Waals surface area contributed by atoms with Crippen molar-refractivity contribution in [2.45, 2.75) is 42.9 Å². The van der Waals surface area contributed by atoms with Crippen molar-refractivity contribution in [3.63, 3.8) is 0 Å². The molecule has 0 radical (unpaired) electrons.